The van der Waals surface area contributed by atoms with Crippen LogP contribution in [0.4, 0.5) is 10.1 Å². The van der Waals surface area contributed by atoms with Gasteiger partial charge in [-0.15, -0.1) is 0 Å². The average Bonchev–Trinajstić information content (AvgIpc) is 3.02. The summed E-state index contributed by atoms with van der Waals surface area (Å²) in [5.74, 6) is -1.14. The summed E-state index contributed by atoms with van der Waals surface area (Å²) in [6, 6.07) is 7.53. The highest BCUT2D eigenvalue weighted by Crippen LogP contribution is 2.22. The molecular formula is C15H14ClFN2O3. The fourth-order valence-corrected chi connectivity index (χ4v) is 1.93. The Kier molecular flexibility index (Phi) is 5.55. The number of rotatable bonds is 6. The van der Waals surface area contributed by atoms with E-state index in [1.54, 1.807) is 18.2 Å². The van der Waals surface area contributed by atoms with Crippen molar-refractivity contribution < 1.29 is 18.4 Å². The summed E-state index contributed by atoms with van der Waals surface area (Å²) in [4.78, 5) is 23.3. The molecule has 1 heterocycles. The summed E-state index contributed by atoms with van der Waals surface area (Å²) in [6.45, 7) is 0.310. The summed E-state index contributed by atoms with van der Waals surface area (Å²) in [5, 5.41) is 5.00. The zero-order valence-corrected chi connectivity index (χ0v) is 12.3. The van der Waals surface area contributed by atoms with Gasteiger partial charge in [-0.3, -0.25) is 9.59 Å². The lowest BCUT2D eigenvalue weighted by Gasteiger charge is -2.07. The van der Waals surface area contributed by atoms with Crippen LogP contribution in [-0.2, 0) is 4.79 Å². The molecule has 0 unspecified atom stereocenters. The van der Waals surface area contributed by atoms with Gasteiger partial charge in [-0.1, -0.05) is 17.7 Å². The maximum absolute atomic E-state index is 13.6. The van der Waals surface area contributed by atoms with E-state index in [0.717, 1.165) is 0 Å². The molecule has 0 atom stereocenters. The van der Waals surface area contributed by atoms with Crippen LogP contribution in [0.15, 0.2) is 41.0 Å². The first-order valence-electron chi connectivity index (χ1n) is 6.63. The zero-order valence-electron chi connectivity index (χ0n) is 11.6. The van der Waals surface area contributed by atoms with Crippen molar-refractivity contribution in [2.45, 2.75) is 12.8 Å². The molecule has 0 saturated carbocycles. The molecule has 2 rings (SSSR count). The van der Waals surface area contributed by atoms with Gasteiger partial charge in [0.15, 0.2) is 11.6 Å². The lowest BCUT2D eigenvalue weighted by atomic mass is 10.2. The first-order valence-corrected chi connectivity index (χ1v) is 7.01. The molecule has 2 aromatic rings. The van der Waals surface area contributed by atoms with E-state index < -0.39 is 5.82 Å². The smallest absolute Gasteiger partial charge is 0.286 e. The Hall–Kier alpha value is -2.34. The van der Waals surface area contributed by atoms with Crippen LogP contribution in [-0.4, -0.2) is 18.4 Å². The predicted molar refractivity (Wildman–Crippen MR) is 80.3 cm³/mol. The molecule has 0 saturated heterocycles. The highest BCUT2D eigenvalue weighted by atomic mass is 35.5. The van der Waals surface area contributed by atoms with Crippen molar-refractivity contribution >= 4 is 29.1 Å². The number of anilines is 1. The van der Waals surface area contributed by atoms with Gasteiger partial charge in [0.25, 0.3) is 5.91 Å². The van der Waals surface area contributed by atoms with Crippen LogP contribution >= 0.6 is 11.6 Å². The molecule has 0 spiro atoms. The molecule has 0 bridgehead atoms. The molecule has 1 aromatic carbocycles. The van der Waals surface area contributed by atoms with Gasteiger partial charge in [-0.25, -0.2) is 4.39 Å². The number of furan rings is 1. The molecule has 2 amide bonds. The average molecular weight is 325 g/mol. The standard InChI is InChI=1S/C15H14ClFN2O3/c16-10-4-1-5-11(14(10)17)19-13(20)7-2-8-18-15(21)12-6-3-9-22-12/h1,3-6,9H,2,7-8H2,(H,18,21)(H,19,20). The van der Waals surface area contributed by atoms with E-state index in [1.165, 1.54) is 18.4 Å². The normalized spacial score (nSPS) is 10.3. The molecular weight excluding hydrogens is 311 g/mol. The summed E-state index contributed by atoms with van der Waals surface area (Å²) >= 11 is 5.63. The van der Waals surface area contributed by atoms with Crippen LogP contribution in [0.1, 0.15) is 23.4 Å². The molecule has 0 aliphatic heterocycles. The Morgan fingerprint density at radius 3 is 2.77 bits per heavy atom. The molecule has 0 radical (unpaired) electrons. The quantitative estimate of drug-likeness (QED) is 0.801. The van der Waals surface area contributed by atoms with E-state index in [0.29, 0.717) is 13.0 Å². The van der Waals surface area contributed by atoms with Crippen LogP contribution in [0.2, 0.25) is 5.02 Å². The van der Waals surface area contributed by atoms with Crippen LogP contribution in [0.25, 0.3) is 0 Å². The van der Waals surface area contributed by atoms with Crippen molar-refractivity contribution in [3.05, 3.63) is 53.2 Å². The second-order valence-electron chi connectivity index (χ2n) is 4.49. The van der Waals surface area contributed by atoms with E-state index in [4.69, 9.17) is 16.0 Å². The summed E-state index contributed by atoms with van der Waals surface area (Å²) in [6.07, 6.45) is 1.97. The van der Waals surface area contributed by atoms with Crippen molar-refractivity contribution in [2.24, 2.45) is 0 Å². The lowest BCUT2D eigenvalue weighted by Crippen LogP contribution is -2.25. The zero-order chi connectivity index (χ0) is 15.9. The molecule has 1 aromatic heterocycles. The number of carbonyl (C=O) groups excluding carboxylic acids is 2. The second kappa shape index (κ2) is 7.61. The first kappa shape index (κ1) is 16.0. The Morgan fingerprint density at radius 2 is 2.05 bits per heavy atom. The van der Waals surface area contributed by atoms with Crippen molar-refractivity contribution in [1.29, 1.82) is 0 Å². The maximum Gasteiger partial charge on any atom is 0.286 e. The Bertz CT molecular complexity index is 659. The number of amides is 2. The van der Waals surface area contributed by atoms with Gasteiger partial charge in [0.05, 0.1) is 17.0 Å². The minimum absolute atomic E-state index is 0.0390. The molecule has 0 aliphatic carbocycles. The fourth-order valence-electron chi connectivity index (χ4n) is 1.76. The second-order valence-corrected chi connectivity index (χ2v) is 4.89. The highest BCUT2D eigenvalue weighted by Gasteiger charge is 2.10. The number of hydrogen-bond acceptors (Lipinski definition) is 3. The van der Waals surface area contributed by atoms with Gasteiger partial charge in [0.1, 0.15) is 0 Å². The van der Waals surface area contributed by atoms with Gasteiger partial charge in [-0.2, -0.15) is 0 Å². The van der Waals surface area contributed by atoms with Crippen LogP contribution < -0.4 is 10.6 Å². The largest absolute Gasteiger partial charge is 0.459 e. The van der Waals surface area contributed by atoms with E-state index >= 15 is 0 Å². The fraction of sp³-hybridized carbons (Fsp3) is 0.200. The summed E-state index contributed by atoms with van der Waals surface area (Å²) < 4.78 is 18.5. The summed E-state index contributed by atoms with van der Waals surface area (Å²) in [7, 11) is 0. The minimum atomic E-state index is -0.663. The number of nitrogens with one attached hydrogen (secondary N) is 2. The van der Waals surface area contributed by atoms with E-state index in [-0.39, 0.29) is 34.7 Å². The van der Waals surface area contributed by atoms with Gasteiger partial charge >= 0.3 is 0 Å². The topological polar surface area (TPSA) is 71.3 Å². The third-order valence-electron chi connectivity index (χ3n) is 2.84. The third kappa shape index (κ3) is 4.33. The van der Waals surface area contributed by atoms with Crippen LogP contribution in [0, 0.1) is 5.82 Å². The monoisotopic (exact) mass is 324 g/mol. The maximum atomic E-state index is 13.6. The number of carbonyl (C=O) groups is 2. The minimum Gasteiger partial charge on any atom is -0.459 e. The summed E-state index contributed by atoms with van der Waals surface area (Å²) in [5.41, 5.74) is 0.0390. The lowest BCUT2D eigenvalue weighted by molar-refractivity contribution is -0.116. The van der Waals surface area contributed by atoms with Crippen molar-refractivity contribution in [1.82, 2.24) is 5.32 Å². The van der Waals surface area contributed by atoms with Gasteiger partial charge < -0.3 is 15.1 Å². The molecule has 0 fully saturated rings. The van der Waals surface area contributed by atoms with Crippen molar-refractivity contribution in [3.8, 4) is 0 Å². The Balaban J connectivity index is 1.72. The number of benzene rings is 1. The van der Waals surface area contributed by atoms with Gasteiger partial charge in [0, 0.05) is 13.0 Å². The number of halogens is 2. The van der Waals surface area contributed by atoms with Gasteiger partial charge in [-0.05, 0) is 30.7 Å². The van der Waals surface area contributed by atoms with Crippen molar-refractivity contribution in [2.75, 3.05) is 11.9 Å². The van der Waals surface area contributed by atoms with E-state index in [9.17, 15) is 14.0 Å². The molecule has 0 aliphatic rings. The van der Waals surface area contributed by atoms with E-state index in [2.05, 4.69) is 10.6 Å². The molecule has 22 heavy (non-hydrogen) atoms. The molecule has 2 N–H and O–H groups in total. The molecule has 7 heteroatoms. The van der Waals surface area contributed by atoms with Gasteiger partial charge in [0.2, 0.25) is 5.91 Å². The highest BCUT2D eigenvalue weighted by molar-refractivity contribution is 6.31. The first-order chi connectivity index (χ1) is 10.6. The Labute approximate surface area is 131 Å². The van der Waals surface area contributed by atoms with Crippen LogP contribution in [0.3, 0.4) is 0 Å². The molecule has 5 nitrogen and oxygen atoms in total. The predicted octanol–water partition coefficient (Wildman–Crippen LogP) is 3.22. The SMILES string of the molecule is O=C(CCCNC(=O)c1ccco1)Nc1cccc(Cl)c1F. The van der Waals surface area contributed by atoms with Crippen LogP contribution in [0.5, 0.6) is 0 Å². The molecule has 116 valence electrons. The van der Waals surface area contributed by atoms with E-state index in [1.807, 2.05) is 0 Å². The number of hydrogen-bond donors (Lipinski definition) is 2. The van der Waals surface area contributed by atoms with Crippen molar-refractivity contribution in [3.63, 3.8) is 0 Å². The third-order valence-corrected chi connectivity index (χ3v) is 3.13. The Morgan fingerprint density at radius 1 is 1.23 bits per heavy atom.